The average Bonchev–Trinajstić information content (AvgIpc) is 2.96. The SMILES string of the molecule is Cc1ccsc1C(C(C)N)n1cnc(C#N)c1C#N. The number of rotatable bonds is 3. The van der Waals surface area contributed by atoms with Crippen LogP contribution in [0.5, 0.6) is 0 Å². The van der Waals surface area contributed by atoms with Crippen LogP contribution in [-0.2, 0) is 0 Å². The second kappa shape index (κ2) is 5.23. The standard InChI is InChI=1S/C13H13N5S/c1-8-3-4-19-13(8)12(9(2)16)18-7-17-10(5-14)11(18)6-15/h3-4,7,9,12H,16H2,1-2H3. The van der Waals surface area contributed by atoms with Crippen molar-refractivity contribution in [2.75, 3.05) is 0 Å². The maximum absolute atomic E-state index is 9.22. The molecule has 96 valence electrons. The van der Waals surface area contributed by atoms with E-state index < -0.39 is 0 Å². The fraction of sp³-hybridized carbons (Fsp3) is 0.308. The van der Waals surface area contributed by atoms with E-state index in [1.54, 1.807) is 15.9 Å². The molecule has 2 unspecified atom stereocenters. The highest BCUT2D eigenvalue weighted by molar-refractivity contribution is 7.10. The van der Waals surface area contributed by atoms with Crippen LogP contribution in [0.4, 0.5) is 0 Å². The van der Waals surface area contributed by atoms with Crippen LogP contribution in [0.15, 0.2) is 17.8 Å². The van der Waals surface area contributed by atoms with Crippen LogP contribution in [0.2, 0.25) is 0 Å². The molecule has 0 radical (unpaired) electrons. The first-order chi connectivity index (χ1) is 9.10. The highest BCUT2D eigenvalue weighted by Crippen LogP contribution is 2.30. The minimum absolute atomic E-state index is 0.141. The number of nitriles is 2. The average molecular weight is 271 g/mol. The molecule has 0 saturated heterocycles. The Morgan fingerprint density at radius 1 is 1.42 bits per heavy atom. The van der Waals surface area contributed by atoms with Crippen LogP contribution in [0.3, 0.4) is 0 Å². The first-order valence-electron chi connectivity index (χ1n) is 5.76. The second-order valence-corrected chi connectivity index (χ2v) is 5.29. The van der Waals surface area contributed by atoms with E-state index in [1.165, 1.54) is 6.33 Å². The monoisotopic (exact) mass is 271 g/mol. The number of aromatic nitrogens is 2. The van der Waals surface area contributed by atoms with Crippen LogP contribution in [0, 0.1) is 29.6 Å². The third kappa shape index (κ3) is 2.24. The van der Waals surface area contributed by atoms with Gasteiger partial charge in [-0.05, 0) is 30.9 Å². The lowest BCUT2D eigenvalue weighted by atomic mass is 10.1. The Hall–Kier alpha value is -2.15. The lowest BCUT2D eigenvalue weighted by Crippen LogP contribution is -2.30. The van der Waals surface area contributed by atoms with Crippen LogP contribution < -0.4 is 5.73 Å². The molecule has 0 saturated carbocycles. The molecule has 6 heteroatoms. The predicted molar refractivity (Wildman–Crippen MR) is 72.5 cm³/mol. The topological polar surface area (TPSA) is 91.4 Å². The van der Waals surface area contributed by atoms with E-state index in [9.17, 15) is 5.26 Å². The van der Waals surface area contributed by atoms with Gasteiger partial charge in [0.1, 0.15) is 12.1 Å². The van der Waals surface area contributed by atoms with Crippen molar-refractivity contribution in [1.82, 2.24) is 9.55 Å². The van der Waals surface area contributed by atoms with E-state index in [0.29, 0.717) is 0 Å². The van der Waals surface area contributed by atoms with Gasteiger partial charge in [0.25, 0.3) is 0 Å². The van der Waals surface area contributed by atoms with Crippen molar-refractivity contribution in [3.8, 4) is 12.1 Å². The zero-order valence-corrected chi connectivity index (χ0v) is 11.5. The summed E-state index contributed by atoms with van der Waals surface area (Å²) < 4.78 is 1.70. The van der Waals surface area contributed by atoms with E-state index in [0.717, 1.165) is 10.4 Å². The molecule has 2 aromatic rings. The summed E-state index contributed by atoms with van der Waals surface area (Å²) >= 11 is 1.60. The summed E-state index contributed by atoms with van der Waals surface area (Å²) in [6.07, 6.45) is 1.52. The van der Waals surface area contributed by atoms with Crippen LogP contribution in [0.25, 0.3) is 0 Å². The van der Waals surface area contributed by atoms with E-state index in [4.69, 9.17) is 11.0 Å². The smallest absolute Gasteiger partial charge is 0.176 e. The van der Waals surface area contributed by atoms with Crippen molar-refractivity contribution in [3.63, 3.8) is 0 Å². The first kappa shape index (κ1) is 13.3. The van der Waals surface area contributed by atoms with Gasteiger partial charge in [-0.1, -0.05) is 0 Å². The summed E-state index contributed by atoms with van der Waals surface area (Å²) in [6.45, 7) is 3.90. The van der Waals surface area contributed by atoms with Crippen molar-refractivity contribution in [2.45, 2.75) is 25.9 Å². The summed E-state index contributed by atoms with van der Waals surface area (Å²) in [6, 6.07) is 5.62. The summed E-state index contributed by atoms with van der Waals surface area (Å²) in [5.41, 5.74) is 7.60. The van der Waals surface area contributed by atoms with Crippen molar-refractivity contribution in [3.05, 3.63) is 39.6 Å². The summed E-state index contributed by atoms with van der Waals surface area (Å²) in [4.78, 5) is 5.07. The Kier molecular flexibility index (Phi) is 3.66. The van der Waals surface area contributed by atoms with Gasteiger partial charge < -0.3 is 10.3 Å². The first-order valence-corrected chi connectivity index (χ1v) is 6.64. The minimum Gasteiger partial charge on any atom is -0.326 e. The molecule has 0 spiro atoms. The molecule has 2 atom stereocenters. The number of nitrogens with two attached hydrogens (primary N) is 1. The lowest BCUT2D eigenvalue weighted by molar-refractivity contribution is 0.498. The van der Waals surface area contributed by atoms with Crippen LogP contribution in [0.1, 0.15) is 34.8 Å². The Labute approximate surface area is 115 Å². The summed E-state index contributed by atoms with van der Waals surface area (Å²) in [5, 5.41) is 20.2. The number of thiophene rings is 1. The zero-order chi connectivity index (χ0) is 14.0. The second-order valence-electron chi connectivity index (χ2n) is 4.34. The molecule has 0 aliphatic rings. The largest absolute Gasteiger partial charge is 0.326 e. The summed E-state index contributed by atoms with van der Waals surface area (Å²) in [7, 11) is 0. The van der Waals surface area contributed by atoms with Crippen molar-refractivity contribution in [2.24, 2.45) is 5.73 Å². The molecule has 0 amide bonds. The van der Waals surface area contributed by atoms with Gasteiger partial charge in [0.15, 0.2) is 11.4 Å². The van der Waals surface area contributed by atoms with E-state index in [-0.39, 0.29) is 23.5 Å². The zero-order valence-electron chi connectivity index (χ0n) is 10.7. The number of imidazole rings is 1. The third-order valence-corrected chi connectivity index (χ3v) is 4.06. The molecule has 0 aromatic carbocycles. The third-order valence-electron chi connectivity index (χ3n) is 2.97. The van der Waals surface area contributed by atoms with Gasteiger partial charge in [-0.15, -0.1) is 11.3 Å². The normalized spacial score (nSPS) is 13.5. The fourth-order valence-corrected chi connectivity index (χ4v) is 3.21. The minimum atomic E-state index is -0.190. The highest BCUT2D eigenvalue weighted by Gasteiger charge is 2.25. The maximum Gasteiger partial charge on any atom is 0.176 e. The van der Waals surface area contributed by atoms with Gasteiger partial charge in [0, 0.05) is 10.9 Å². The molecular formula is C13H13N5S. The van der Waals surface area contributed by atoms with Gasteiger partial charge in [0.05, 0.1) is 12.4 Å². The number of hydrogen-bond donors (Lipinski definition) is 1. The van der Waals surface area contributed by atoms with Gasteiger partial charge in [0.2, 0.25) is 0 Å². The molecule has 2 heterocycles. The molecule has 0 aliphatic carbocycles. The van der Waals surface area contributed by atoms with Crippen molar-refractivity contribution < 1.29 is 0 Å². The van der Waals surface area contributed by atoms with Crippen LogP contribution >= 0.6 is 11.3 Å². The van der Waals surface area contributed by atoms with Crippen molar-refractivity contribution in [1.29, 1.82) is 10.5 Å². The Morgan fingerprint density at radius 2 is 2.16 bits per heavy atom. The highest BCUT2D eigenvalue weighted by atomic mass is 32.1. The van der Waals surface area contributed by atoms with E-state index in [2.05, 4.69) is 4.98 Å². The maximum atomic E-state index is 9.22. The molecule has 5 nitrogen and oxygen atoms in total. The number of hydrogen-bond acceptors (Lipinski definition) is 5. The molecule has 0 fully saturated rings. The number of aryl methyl sites for hydroxylation is 1. The van der Waals surface area contributed by atoms with E-state index >= 15 is 0 Å². The molecular weight excluding hydrogens is 258 g/mol. The predicted octanol–water partition coefficient (Wildman–Crippen LogP) is 1.93. The Balaban J connectivity index is 2.60. The van der Waals surface area contributed by atoms with Gasteiger partial charge in [-0.3, -0.25) is 0 Å². The molecule has 0 bridgehead atoms. The van der Waals surface area contributed by atoms with Gasteiger partial charge in [-0.25, -0.2) is 4.98 Å². The molecule has 0 aliphatic heterocycles. The molecule has 2 N–H and O–H groups in total. The quantitative estimate of drug-likeness (QED) is 0.923. The molecule has 2 rings (SSSR count). The van der Waals surface area contributed by atoms with Crippen LogP contribution in [-0.4, -0.2) is 15.6 Å². The van der Waals surface area contributed by atoms with Gasteiger partial charge >= 0.3 is 0 Å². The summed E-state index contributed by atoms with van der Waals surface area (Å²) in [5.74, 6) is 0. The molecule has 2 aromatic heterocycles. The Bertz CT molecular complexity index is 668. The fourth-order valence-electron chi connectivity index (χ4n) is 2.07. The van der Waals surface area contributed by atoms with Gasteiger partial charge in [-0.2, -0.15) is 10.5 Å². The van der Waals surface area contributed by atoms with E-state index in [1.807, 2.05) is 37.4 Å². The lowest BCUT2D eigenvalue weighted by Gasteiger charge is -2.22. The Morgan fingerprint density at radius 3 is 2.63 bits per heavy atom. The van der Waals surface area contributed by atoms with Crippen molar-refractivity contribution >= 4 is 11.3 Å². The number of nitrogens with zero attached hydrogens (tertiary/aromatic N) is 4. The molecule has 19 heavy (non-hydrogen) atoms.